The third-order valence-electron chi connectivity index (χ3n) is 4.91. The summed E-state index contributed by atoms with van der Waals surface area (Å²) in [6.45, 7) is 6.99. The van der Waals surface area contributed by atoms with Gasteiger partial charge in [-0.15, -0.1) is 0 Å². The Morgan fingerprint density at radius 3 is 2.80 bits per heavy atom. The number of anilines is 1. The van der Waals surface area contributed by atoms with Crippen LogP contribution in [0.4, 0.5) is 5.82 Å². The Kier molecular flexibility index (Phi) is 6.00. The summed E-state index contributed by atoms with van der Waals surface area (Å²) in [5, 5.41) is 13.0. The number of hydrogen-bond donors (Lipinski definition) is 2. The topological polar surface area (TPSA) is 61.3 Å². The summed E-state index contributed by atoms with van der Waals surface area (Å²) in [4.78, 5) is 11.3. The number of nitrogens with zero attached hydrogens (tertiary/aromatic N) is 3. The molecule has 1 fully saturated rings. The molecule has 0 aliphatic carbocycles. The molecule has 0 bridgehead atoms. The predicted octanol–water partition coefficient (Wildman–Crippen LogP) is 2.92. The first-order chi connectivity index (χ1) is 12.2. The molecule has 134 valence electrons. The summed E-state index contributed by atoms with van der Waals surface area (Å²) in [7, 11) is 0. The van der Waals surface area contributed by atoms with Crippen LogP contribution in [0.2, 0.25) is 0 Å². The average Bonchev–Trinajstić information content (AvgIpc) is 3.07. The van der Waals surface area contributed by atoms with E-state index in [0.717, 1.165) is 49.8 Å². The van der Waals surface area contributed by atoms with Crippen molar-refractivity contribution in [2.24, 2.45) is 0 Å². The highest BCUT2D eigenvalue weighted by Crippen LogP contribution is 2.22. The molecular formula is C20H28N4O. The molecule has 0 radical (unpaired) electrons. The van der Waals surface area contributed by atoms with E-state index < -0.39 is 0 Å². The largest absolute Gasteiger partial charge is 0.395 e. The highest BCUT2D eigenvalue weighted by molar-refractivity contribution is 5.39. The molecule has 0 spiro atoms. The van der Waals surface area contributed by atoms with Gasteiger partial charge < -0.3 is 10.4 Å². The van der Waals surface area contributed by atoms with Gasteiger partial charge in [-0.3, -0.25) is 4.90 Å². The van der Waals surface area contributed by atoms with Gasteiger partial charge in [-0.05, 0) is 43.9 Å². The van der Waals surface area contributed by atoms with Crippen molar-refractivity contribution >= 4 is 5.82 Å². The molecule has 2 N–H and O–H groups in total. The molecule has 25 heavy (non-hydrogen) atoms. The Labute approximate surface area is 150 Å². The fraction of sp³-hybridized carbons (Fsp3) is 0.500. The lowest BCUT2D eigenvalue weighted by Gasteiger charge is -2.24. The van der Waals surface area contributed by atoms with E-state index in [1.807, 2.05) is 13.0 Å². The first-order valence-electron chi connectivity index (χ1n) is 9.19. The zero-order valence-electron chi connectivity index (χ0n) is 15.2. The van der Waals surface area contributed by atoms with Crippen LogP contribution >= 0.6 is 0 Å². The molecule has 1 unspecified atom stereocenters. The fourth-order valence-corrected chi connectivity index (χ4v) is 3.50. The summed E-state index contributed by atoms with van der Waals surface area (Å²) in [6.07, 6.45) is 3.18. The lowest BCUT2D eigenvalue weighted by molar-refractivity contribution is 0.153. The maximum absolute atomic E-state index is 9.54. The Hall–Kier alpha value is -1.98. The van der Waals surface area contributed by atoms with Crippen LogP contribution < -0.4 is 5.32 Å². The Balaban J connectivity index is 1.70. The van der Waals surface area contributed by atoms with Crippen molar-refractivity contribution in [1.82, 2.24) is 14.9 Å². The highest BCUT2D eigenvalue weighted by atomic mass is 16.3. The highest BCUT2D eigenvalue weighted by Gasteiger charge is 2.24. The molecular weight excluding hydrogens is 312 g/mol. The minimum Gasteiger partial charge on any atom is -0.395 e. The van der Waals surface area contributed by atoms with E-state index in [-0.39, 0.29) is 6.61 Å². The number of nitrogens with one attached hydrogen (secondary N) is 1. The van der Waals surface area contributed by atoms with Crippen LogP contribution in [0, 0.1) is 6.92 Å². The lowest BCUT2D eigenvalue weighted by Crippen LogP contribution is -2.32. The molecule has 1 saturated heterocycles. The second kappa shape index (κ2) is 8.41. The van der Waals surface area contributed by atoms with Crippen LogP contribution in [-0.2, 0) is 19.5 Å². The van der Waals surface area contributed by atoms with Crippen molar-refractivity contribution in [3.8, 4) is 0 Å². The van der Waals surface area contributed by atoms with Crippen LogP contribution in [0.3, 0.4) is 0 Å². The van der Waals surface area contributed by atoms with Crippen molar-refractivity contribution in [2.75, 3.05) is 18.5 Å². The SMILES string of the molecule is CCc1cc(NCc2ccccc2CN2CCCC2CO)nc(C)n1. The van der Waals surface area contributed by atoms with Crippen molar-refractivity contribution < 1.29 is 5.11 Å². The summed E-state index contributed by atoms with van der Waals surface area (Å²) in [6, 6.07) is 10.9. The molecule has 0 saturated carbocycles. The van der Waals surface area contributed by atoms with Crippen molar-refractivity contribution in [3.63, 3.8) is 0 Å². The number of rotatable bonds is 7. The summed E-state index contributed by atoms with van der Waals surface area (Å²) in [5.41, 5.74) is 3.66. The van der Waals surface area contributed by atoms with Crippen LogP contribution in [0.1, 0.15) is 42.4 Å². The van der Waals surface area contributed by atoms with Gasteiger partial charge in [0.2, 0.25) is 0 Å². The second-order valence-electron chi connectivity index (χ2n) is 6.72. The number of hydrogen-bond acceptors (Lipinski definition) is 5. The van der Waals surface area contributed by atoms with E-state index in [2.05, 4.69) is 51.4 Å². The van der Waals surface area contributed by atoms with Gasteiger partial charge >= 0.3 is 0 Å². The Morgan fingerprint density at radius 2 is 2.04 bits per heavy atom. The Bertz CT molecular complexity index is 704. The Morgan fingerprint density at radius 1 is 1.24 bits per heavy atom. The molecule has 1 aromatic carbocycles. The van der Waals surface area contributed by atoms with Crippen LogP contribution in [0.15, 0.2) is 30.3 Å². The third-order valence-corrected chi connectivity index (χ3v) is 4.91. The van der Waals surface area contributed by atoms with Gasteiger partial charge in [-0.25, -0.2) is 9.97 Å². The van der Waals surface area contributed by atoms with Crippen LogP contribution in [-0.4, -0.2) is 39.2 Å². The molecule has 5 nitrogen and oxygen atoms in total. The molecule has 1 aromatic heterocycles. The van der Waals surface area contributed by atoms with E-state index >= 15 is 0 Å². The number of aromatic nitrogens is 2. The molecule has 5 heteroatoms. The maximum Gasteiger partial charge on any atom is 0.130 e. The first kappa shape index (κ1) is 17.8. The minimum atomic E-state index is 0.250. The smallest absolute Gasteiger partial charge is 0.130 e. The monoisotopic (exact) mass is 340 g/mol. The lowest BCUT2D eigenvalue weighted by atomic mass is 10.1. The quantitative estimate of drug-likeness (QED) is 0.811. The predicted molar refractivity (Wildman–Crippen MR) is 100 cm³/mol. The van der Waals surface area contributed by atoms with Gasteiger partial charge in [0.25, 0.3) is 0 Å². The van der Waals surface area contributed by atoms with Gasteiger partial charge in [0.05, 0.1) is 6.61 Å². The molecule has 1 atom stereocenters. The zero-order chi connectivity index (χ0) is 17.6. The number of aliphatic hydroxyl groups excluding tert-OH is 1. The molecule has 1 aliphatic heterocycles. The standard InChI is InChI=1S/C20H28N4O/c1-3-18-11-20(23-15(2)22-18)21-12-16-7-4-5-8-17(16)13-24-10-6-9-19(24)14-25/h4-5,7-8,11,19,25H,3,6,9-10,12-14H2,1-2H3,(H,21,22,23). The number of benzene rings is 1. The molecule has 1 aliphatic rings. The molecule has 0 amide bonds. The second-order valence-corrected chi connectivity index (χ2v) is 6.72. The van der Waals surface area contributed by atoms with E-state index in [1.165, 1.54) is 17.5 Å². The van der Waals surface area contributed by atoms with Crippen LogP contribution in [0.5, 0.6) is 0 Å². The average molecular weight is 340 g/mol. The van der Waals surface area contributed by atoms with Gasteiger partial charge in [-0.2, -0.15) is 0 Å². The maximum atomic E-state index is 9.54. The molecule has 3 rings (SSSR count). The fourth-order valence-electron chi connectivity index (χ4n) is 3.50. The van der Waals surface area contributed by atoms with E-state index in [9.17, 15) is 5.11 Å². The van der Waals surface area contributed by atoms with Crippen molar-refractivity contribution in [2.45, 2.75) is 52.2 Å². The normalized spacial score (nSPS) is 17.8. The zero-order valence-corrected chi connectivity index (χ0v) is 15.2. The summed E-state index contributed by atoms with van der Waals surface area (Å²) in [5.74, 6) is 1.69. The first-order valence-corrected chi connectivity index (χ1v) is 9.19. The molecule has 2 heterocycles. The summed E-state index contributed by atoms with van der Waals surface area (Å²) < 4.78 is 0. The number of aryl methyl sites for hydroxylation is 2. The minimum absolute atomic E-state index is 0.250. The van der Waals surface area contributed by atoms with Gasteiger partial charge in [-0.1, -0.05) is 31.2 Å². The van der Waals surface area contributed by atoms with Gasteiger partial charge in [0.15, 0.2) is 0 Å². The van der Waals surface area contributed by atoms with E-state index in [1.54, 1.807) is 0 Å². The third kappa shape index (κ3) is 4.55. The number of likely N-dealkylation sites (tertiary alicyclic amines) is 1. The van der Waals surface area contributed by atoms with Gasteiger partial charge in [0, 0.05) is 30.9 Å². The van der Waals surface area contributed by atoms with Gasteiger partial charge in [0.1, 0.15) is 11.6 Å². The van der Waals surface area contributed by atoms with Crippen LogP contribution in [0.25, 0.3) is 0 Å². The van der Waals surface area contributed by atoms with E-state index in [4.69, 9.17) is 0 Å². The summed E-state index contributed by atoms with van der Waals surface area (Å²) >= 11 is 0. The number of aliphatic hydroxyl groups is 1. The van der Waals surface area contributed by atoms with Crippen molar-refractivity contribution in [3.05, 3.63) is 53.0 Å². The molecule has 2 aromatic rings. The van der Waals surface area contributed by atoms with Crippen molar-refractivity contribution in [1.29, 1.82) is 0 Å². The van der Waals surface area contributed by atoms with E-state index in [0.29, 0.717) is 6.04 Å².